The maximum atomic E-state index is 12.5. The van der Waals surface area contributed by atoms with Crippen LogP contribution in [0.5, 0.6) is 11.5 Å². The van der Waals surface area contributed by atoms with E-state index in [1.54, 1.807) is 6.33 Å². The zero-order valence-corrected chi connectivity index (χ0v) is 17.5. The lowest BCUT2D eigenvalue weighted by atomic mass is 10.1. The first kappa shape index (κ1) is 21.9. The number of hydrogen-bond acceptors (Lipinski definition) is 5. The Balaban J connectivity index is 2.04. The van der Waals surface area contributed by atoms with Gasteiger partial charge in [-0.3, -0.25) is 0 Å². The molecule has 0 fully saturated rings. The number of aromatic nitrogens is 4. The predicted octanol–water partition coefficient (Wildman–Crippen LogP) is 5.85. The van der Waals surface area contributed by atoms with E-state index in [1.807, 2.05) is 6.92 Å². The molecule has 3 aromatic rings. The number of imidazole rings is 1. The molecule has 0 aliphatic carbocycles. The van der Waals surface area contributed by atoms with Gasteiger partial charge in [-0.1, -0.05) is 26.7 Å². The van der Waals surface area contributed by atoms with Crippen LogP contribution >= 0.6 is 0 Å². The number of fused-ring (bicyclic) bond motifs is 1. The van der Waals surface area contributed by atoms with E-state index < -0.39 is 6.36 Å². The lowest BCUT2D eigenvalue weighted by molar-refractivity contribution is -0.274. The van der Waals surface area contributed by atoms with Crippen molar-refractivity contribution in [2.45, 2.75) is 58.9 Å². The van der Waals surface area contributed by atoms with Crippen molar-refractivity contribution in [3.63, 3.8) is 0 Å². The number of hydrogen-bond donors (Lipinski definition) is 0. The van der Waals surface area contributed by atoms with E-state index in [9.17, 15) is 13.2 Å². The molecule has 0 atom stereocenters. The first-order valence-electron chi connectivity index (χ1n) is 9.92. The Morgan fingerprint density at radius 1 is 1.10 bits per heavy atom. The summed E-state index contributed by atoms with van der Waals surface area (Å²) >= 11 is 0. The molecule has 0 aliphatic rings. The van der Waals surface area contributed by atoms with E-state index >= 15 is 0 Å². The van der Waals surface area contributed by atoms with Gasteiger partial charge in [0.25, 0.3) is 0 Å². The van der Waals surface area contributed by atoms with Crippen LogP contribution in [0.3, 0.4) is 0 Å². The van der Waals surface area contributed by atoms with E-state index in [2.05, 4.69) is 33.1 Å². The first-order valence-corrected chi connectivity index (χ1v) is 9.92. The predicted molar refractivity (Wildman–Crippen MR) is 108 cm³/mol. The summed E-state index contributed by atoms with van der Waals surface area (Å²) in [5.74, 6) is -0.149. The second kappa shape index (κ2) is 8.89. The zero-order valence-electron chi connectivity index (χ0n) is 17.5. The molecule has 0 bridgehead atoms. The Morgan fingerprint density at radius 2 is 1.80 bits per heavy atom. The SMILES string of the molecule is CCCC(CCC)n1cnc2nc(-c3ccc(OC(F)(F)F)cc3OC)c(C)nc21. The van der Waals surface area contributed by atoms with Crippen molar-refractivity contribution in [3.05, 3.63) is 30.2 Å². The van der Waals surface area contributed by atoms with Crippen LogP contribution in [0.2, 0.25) is 0 Å². The number of alkyl halides is 3. The highest BCUT2D eigenvalue weighted by molar-refractivity contribution is 5.76. The van der Waals surface area contributed by atoms with E-state index in [-0.39, 0.29) is 11.5 Å². The molecule has 6 nitrogen and oxygen atoms in total. The third-order valence-electron chi connectivity index (χ3n) is 4.88. The summed E-state index contributed by atoms with van der Waals surface area (Å²) < 4.78 is 48.9. The fraction of sp³-hybridized carbons (Fsp3) is 0.476. The topological polar surface area (TPSA) is 62.1 Å². The van der Waals surface area contributed by atoms with Gasteiger partial charge in [0.05, 0.1) is 24.8 Å². The maximum absolute atomic E-state index is 12.5. The molecule has 0 unspecified atom stereocenters. The zero-order chi connectivity index (χ0) is 21.9. The molecule has 0 aliphatic heterocycles. The summed E-state index contributed by atoms with van der Waals surface area (Å²) in [4.78, 5) is 13.8. The van der Waals surface area contributed by atoms with Crippen LogP contribution in [-0.2, 0) is 0 Å². The quantitative estimate of drug-likeness (QED) is 0.456. The molecule has 0 saturated carbocycles. The molecule has 9 heteroatoms. The minimum absolute atomic E-state index is 0.211. The number of nitrogens with zero attached hydrogens (tertiary/aromatic N) is 4. The molecule has 2 heterocycles. The van der Waals surface area contributed by atoms with Gasteiger partial charge in [0.1, 0.15) is 11.5 Å². The van der Waals surface area contributed by atoms with Crippen molar-refractivity contribution in [2.24, 2.45) is 0 Å². The lowest BCUT2D eigenvalue weighted by Crippen LogP contribution is -2.17. The third kappa shape index (κ3) is 4.66. The van der Waals surface area contributed by atoms with Gasteiger partial charge in [0.15, 0.2) is 11.3 Å². The molecule has 0 N–H and O–H groups in total. The average Bonchev–Trinajstić information content (AvgIpc) is 3.08. The van der Waals surface area contributed by atoms with Crippen molar-refractivity contribution in [2.75, 3.05) is 7.11 Å². The van der Waals surface area contributed by atoms with Crippen molar-refractivity contribution in [1.29, 1.82) is 0 Å². The van der Waals surface area contributed by atoms with E-state index in [0.717, 1.165) is 25.7 Å². The van der Waals surface area contributed by atoms with Crippen LogP contribution in [-0.4, -0.2) is 33.0 Å². The molecular formula is C21H25F3N4O2. The van der Waals surface area contributed by atoms with Gasteiger partial charge in [-0.25, -0.2) is 15.0 Å². The van der Waals surface area contributed by atoms with Gasteiger partial charge in [0.2, 0.25) is 0 Å². The second-order valence-electron chi connectivity index (χ2n) is 7.10. The van der Waals surface area contributed by atoms with Crippen molar-refractivity contribution >= 4 is 11.3 Å². The molecule has 3 rings (SSSR count). The van der Waals surface area contributed by atoms with E-state index in [0.29, 0.717) is 34.3 Å². The first-order chi connectivity index (χ1) is 14.3. The van der Waals surface area contributed by atoms with E-state index in [4.69, 9.17) is 9.72 Å². The van der Waals surface area contributed by atoms with Crippen LogP contribution in [0.25, 0.3) is 22.6 Å². The Kier molecular flexibility index (Phi) is 6.48. The Hall–Kier alpha value is -2.84. The summed E-state index contributed by atoms with van der Waals surface area (Å²) in [5.41, 5.74) is 2.86. The molecule has 1 aromatic carbocycles. The van der Waals surface area contributed by atoms with Gasteiger partial charge >= 0.3 is 6.36 Å². The number of methoxy groups -OCH3 is 1. The Morgan fingerprint density at radius 3 is 2.40 bits per heavy atom. The van der Waals surface area contributed by atoms with Crippen molar-refractivity contribution < 1.29 is 22.6 Å². The number of benzene rings is 1. The van der Waals surface area contributed by atoms with Crippen LogP contribution in [0.1, 0.15) is 51.3 Å². The molecule has 0 saturated heterocycles. The largest absolute Gasteiger partial charge is 0.573 e. The second-order valence-corrected chi connectivity index (χ2v) is 7.10. The lowest BCUT2D eigenvalue weighted by Gasteiger charge is -2.18. The number of ether oxygens (including phenoxy) is 2. The highest BCUT2D eigenvalue weighted by atomic mass is 19.4. The highest BCUT2D eigenvalue weighted by Crippen LogP contribution is 2.36. The number of halogens is 3. The van der Waals surface area contributed by atoms with Crippen molar-refractivity contribution in [1.82, 2.24) is 19.5 Å². The van der Waals surface area contributed by atoms with Gasteiger partial charge in [-0.15, -0.1) is 13.2 Å². The average molecular weight is 422 g/mol. The fourth-order valence-electron chi connectivity index (χ4n) is 3.61. The molecular weight excluding hydrogens is 397 g/mol. The summed E-state index contributed by atoms with van der Waals surface area (Å²) in [6.07, 6.45) is 1.15. The Labute approximate surface area is 173 Å². The minimum Gasteiger partial charge on any atom is -0.496 e. The molecule has 30 heavy (non-hydrogen) atoms. The molecule has 0 amide bonds. The maximum Gasteiger partial charge on any atom is 0.573 e. The minimum atomic E-state index is -4.78. The summed E-state index contributed by atoms with van der Waals surface area (Å²) in [5, 5.41) is 0. The third-order valence-corrected chi connectivity index (χ3v) is 4.88. The van der Waals surface area contributed by atoms with Gasteiger partial charge in [0, 0.05) is 17.7 Å². The summed E-state index contributed by atoms with van der Waals surface area (Å²) in [6.45, 7) is 6.11. The van der Waals surface area contributed by atoms with Crippen LogP contribution in [0.4, 0.5) is 13.2 Å². The molecule has 2 aromatic heterocycles. The van der Waals surface area contributed by atoms with Gasteiger partial charge in [-0.2, -0.15) is 0 Å². The number of rotatable bonds is 8. The number of aryl methyl sites for hydroxylation is 1. The highest BCUT2D eigenvalue weighted by Gasteiger charge is 2.31. The standard InChI is InChI=1S/C21H25F3N4O2/c1-5-7-14(8-6-2)28-12-25-19-20(28)26-13(3)18(27-19)16-10-9-15(11-17(16)29-4)30-21(22,23)24/h9-12,14H,5-8H2,1-4H3. The molecule has 0 radical (unpaired) electrons. The van der Waals surface area contributed by atoms with Crippen molar-refractivity contribution in [3.8, 4) is 22.8 Å². The van der Waals surface area contributed by atoms with Gasteiger partial charge in [-0.05, 0) is 31.9 Å². The van der Waals surface area contributed by atoms with E-state index in [1.165, 1.54) is 25.3 Å². The van der Waals surface area contributed by atoms with Crippen LogP contribution < -0.4 is 9.47 Å². The monoisotopic (exact) mass is 422 g/mol. The van der Waals surface area contributed by atoms with Crippen LogP contribution in [0.15, 0.2) is 24.5 Å². The normalized spacial score (nSPS) is 12.0. The summed E-state index contributed by atoms with van der Waals surface area (Å²) in [7, 11) is 1.38. The summed E-state index contributed by atoms with van der Waals surface area (Å²) in [6, 6.07) is 4.20. The van der Waals surface area contributed by atoms with Crippen LogP contribution in [0, 0.1) is 6.92 Å². The Bertz CT molecular complexity index is 1010. The fourth-order valence-corrected chi connectivity index (χ4v) is 3.61. The molecule has 0 spiro atoms. The van der Waals surface area contributed by atoms with Gasteiger partial charge < -0.3 is 14.0 Å². The molecule has 162 valence electrons. The smallest absolute Gasteiger partial charge is 0.496 e.